The van der Waals surface area contributed by atoms with E-state index < -0.39 is 11.8 Å². The van der Waals surface area contributed by atoms with Crippen LogP contribution in [0.5, 0.6) is 5.75 Å². The lowest BCUT2D eigenvalue weighted by atomic mass is 10.0. The van der Waals surface area contributed by atoms with Crippen molar-refractivity contribution in [2.75, 3.05) is 44.7 Å². The van der Waals surface area contributed by atoms with Crippen LogP contribution < -0.4 is 20.3 Å². The third-order valence-corrected chi connectivity index (χ3v) is 7.57. The molecule has 0 aliphatic carbocycles. The number of carbonyl (C=O) groups excluding carboxylic acids is 2. The van der Waals surface area contributed by atoms with E-state index >= 15 is 0 Å². The SMILES string of the molecule is COc1ccc(CCNC(=O)C(=O)N[C@H](C)[C@H](c2cccs2)N2CCN(c3ccc(F)cc3)CC2)cc1. The predicted octanol–water partition coefficient (Wildman–Crippen LogP) is 3.62. The molecular weight excluding hydrogens is 491 g/mol. The summed E-state index contributed by atoms with van der Waals surface area (Å²) < 4.78 is 18.5. The van der Waals surface area contributed by atoms with Crippen LogP contribution in [0.4, 0.5) is 10.1 Å². The molecule has 2 amide bonds. The lowest BCUT2D eigenvalue weighted by Crippen LogP contribution is -2.53. The van der Waals surface area contributed by atoms with Gasteiger partial charge in [-0.25, -0.2) is 4.39 Å². The molecule has 0 radical (unpaired) electrons. The van der Waals surface area contributed by atoms with Gasteiger partial charge in [-0.2, -0.15) is 0 Å². The molecule has 0 unspecified atom stereocenters. The normalized spacial score (nSPS) is 15.6. The Morgan fingerprint density at radius 2 is 1.70 bits per heavy atom. The summed E-state index contributed by atoms with van der Waals surface area (Å²) in [4.78, 5) is 30.9. The van der Waals surface area contributed by atoms with E-state index in [1.54, 1.807) is 30.6 Å². The highest BCUT2D eigenvalue weighted by molar-refractivity contribution is 7.10. The topological polar surface area (TPSA) is 73.9 Å². The van der Waals surface area contributed by atoms with Crippen LogP contribution in [-0.2, 0) is 16.0 Å². The molecule has 1 aliphatic heterocycles. The number of nitrogens with one attached hydrogen (secondary N) is 2. The molecule has 2 heterocycles. The number of benzene rings is 2. The van der Waals surface area contributed by atoms with Gasteiger partial charge in [-0.1, -0.05) is 18.2 Å². The minimum absolute atomic E-state index is 0.0496. The molecule has 196 valence electrons. The van der Waals surface area contributed by atoms with Gasteiger partial charge >= 0.3 is 11.8 Å². The fraction of sp³-hybridized carbons (Fsp3) is 0.357. The summed E-state index contributed by atoms with van der Waals surface area (Å²) in [6, 6.07) is 17.9. The molecule has 4 rings (SSSR count). The van der Waals surface area contributed by atoms with Gasteiger partial charge in [0.25, 0.3) is 0 Å². The molecule has 9 heteroatoms. The van der Waals surface area contributed by atoms with E-state index in [1.807, 2.05) is 42.6 Å². The summed E-state index contributed by atoms with van der Waals surface area (Å²) in [6.07, 6.45) is 0.620. The quantitative estimate of drug-likeness (QED) is 0.419. The van der Waals surface area contributed by atoms with Crippen molar-refractivity contribution >= 4 is 28.8 Å². The van der Waals surface area contributed by atoms with Gasteiger partial charge in [0.1, 0.15) is 11.6 Å². The predicted molar refractivity (Wildman–Crippen MR) is 145 cm³/mol. The van der Waals surface area contributed by atoms with Crippen LogP contribution in [-0.4, -0.2) is 62.6 Å². The first-order chi connectivity index (χ1) is 17.9. The molecule has 2 aromatic carbocycles. The van der Waals surface area contributed by atoms with Crippen molar-refractivity contribution in [1.29, 1.82) is 0 Å². The van der Waals surface area contributed by atoms with Gasteiger partial charge < -0.3 is 20.3 Å². The second-order valence-electron chi connectivity index (χ2n) is 9.08. The average molecular weight is 525 g/mol. The Hall–Kier alpha value is -3.43. The minimum atomic E-state index is -0.633. The number of anilines is 1. The molecule has 1 aromatic heterocycles. The van der Waals surface area contributed by atoms with Crippen molar-refractivity contribution < 1.29 is 18.7 Å². The average Bonchev–Trinajstić information content (AvgIpc) is 3.44. The maximum absolute atomic E-state index is 13.3. The van der Waals surface area contributed by atoms with Gasteiger partial charge in [-0.3, -0.25) is 14.5 Å². The number of halogens is 1. The maximum Gasteiger partial charge on any atom is 0.309 e. The third kappa shape index (κ3) is 7.08. The molecule has 0 spiro atoms. The van der Waals surface area contributed by atoms with Crippen molar-refractivity contribution in [3.8, 4) is 5.75 Å². The Kier molecular flexibility index (Phi) is 9.14. The lowest BCUT2D eigenvalue weighted by Gasteiger charge is -2.42. The second kappa shape index (κ2) is 12.7. The van der Waals surface area contributed by atoms with Gasteiger partial charge in [0.15, 0.2) is 0 Å². The van der Waals surface area contributed by atoms with Gasteiger partial charge in [0.2, 0.25) is 0 Å². The van der Waals surface area contributed by atoms with E-state index in [4.69, 9.17) is 4.74 Å². The van der Waals surface area contributed by atoms with E-state index in [-0.39, 0.29) is 17.9 Å². The Morgan fingerprint density at radius 3 is 2.32 bits per heavy atom. The van der Waals surface area contributed by atoms with E-state index in [0.717, 1.165) is 48.1 Å². The largest absolute Gasteiger partial charge is 0.497 e. The van der Waals surface area contributed by atoms with E-state index in [0.29, 0.717) is 13.0 Å². The highest BCUT2D eigenvalue weighted by Crippen LogP contribution is 2.30. The van der Waals surface area contributed by atoms with Gasteiger partial charge in [0, 0.05) is 49.3 Å². The minimum Gasteiger partial charge on any atom is -0.497 e. The number of carbonyl (C=O) groups is 2. The molecule has 1 saturated heterocycles. The van der Waals surface area contributed by atoms with E-state index in [2.05, 4.69) is 26.5 Å². The van der Waals surface area contributed by atoms with E-state index in [9.17, 15) is 14.0 Å². The van der Waals surface area contributed by atoms with Gasteiger partial charge in [-0.05, 0) is 66.8 Å². The molecule has 0 saturated carbocycles. The Balaban J connectivity index is 1.31. The van der Waals surface area contributed by atoms with Crippen LogP contribution in [0.25, 0.3) is 0 Å². The summed E-state index contributed by atoms with van der Waals surface area (Å²) in [5.41, 5.74) is 2.05. The van der Waals surface area contributed by atoms with Crippen molar-refractivity contribution in [2.24, 2.45) is 0 Å². The highest BCUT2D eigenvalue weighted by atomic mass is 32.1. The van der Waals surface area contributed by atoms with Crippen LogP contribution in [0.3, 0.4) is 0 Å². The van der Waals surface area contributed by atoms with Crippen molar-refractivity contribution in [2.45, 2.75) is 25.4 Å². The van der Waals surface area contributed by atoms with Gasteiger partial charge in [0.05, 0.1) is 13.2 Å². The monoisotopic (exact) mass is 524 g/mol. The Morgan fingerprint density at radius 1 is 1.00 bits per heavy atom. The van der Waals surface area contributed by atoms with Crippen LogP contribution in [0.2, 0.25) is 0 Å². The first-order valence-corrected chi connectivity index (χ1v) is 13.3. The molecule has 7 nitrogen and oxygen atoms in total. The Bertz CT molecular complexity index is 1150. The molecule has 0 bridgehead atoms. The zero-order valence-electron chi connectivity index (χ0n) is 21.2. The first kappa shape index (κ1) is 26.6. The van der Waals surface area contributed by atoms with Crippen molar-refractivity contribution in [1.82, 2.24) is 15.5 Å². The summed E-state index contributed by atoms with van der Waals surface area (Å²) in [7, 11) is 1.62. The number of hydrogen-bond acceptors (Lipinski definition) is 6. The number of rotatable bonds is 9. The first-order valence-electron chi connectivity index (χ1n) is 12.4. The molecule has 2 N–H and O–H groups in total. The fourth-order valence-electron chi connectivity index (χ4n) is 4.66. The number of piperazine rings is 1. The molecule has 2 atom stereocenters. The third-order valence-electron chi connectivity index (χ3n) is 6.63. The summed E-state index contributed by atoms with van der Waals surface area (Å²) in [6.45, 7) is 5.47. The maximum atomic E-state index is 13.3. The summed E-state index contributed by atoms with van der Waals surface area (Å²) in [5.74, 6) is -0.729. The summed E-state index contributed by atoms with van der Waals surface area (Å²) >= 11 is 1.64. The number of amides is 2. The lowest BCUT2D eigenvalue weighted by molar-refractivity contribution is -0.139. The number of nitrogens with zero attached hydrogens (tertiary/aromatic N) is 2. The number of hydrogen-bond donors (Lipinski definition) is 2. The van der Waals surface area contributed by atoms with Crippen LogP contribution >= 0.6 is 11.3 Å². The zero-order valence-corrected chi connectivity index (χ0v) is 22.0. The van der Waals surface area contributed by atoms with Crippen LogP contribution in [0, 0.1) is 5.82 Å². The smallest absolute Gasteiger partial charge is 0.309 e. The van der Waals surface area contributed by atoms with Crippen molar-refractivity contribution in [3.05, 3.63) is 82.3 Å². The second-order valence-corrected chi connectivity index (χ2v) is 10.1. The highest BCUT2D eigenvalue weighted by Gasteiger charge is 2.32. The molecule has 1 fully saturated rings. The zero-order chi connectivity index (χ0) is 26.2. The molecule has 3 aromatic rings. The van der Waals surface area contributed by atoms with Crippen LogP contribution in [0.1, 0.15) is 23.4 Å². The summed E-state index contributed by atoms with van der Waals surface area (Å²) in [5, 5.41) is 7.67. The van der Waals surface area contributed by atoms with Gasteiger partial charge in [-0.15, -0.1) is 11.3 Å². The van der Waals surface area contributed by atoms with E-state index in [1.165, 1.54) is 12.1 Å². The molecule has 37 heavy (non-hydrogen) atoms. The molecule has 1 aliphatic rings. The number of methoxy groups -OCH3 is 1. The fourth-order valence-corrected chi connectivity index (χ4v) is 5.62. The number of ether oxygens (including phenoxy) is 1. The van der Waals surface area contributed by atoms with Crippen LogP contribution in [0.15, 0.2) is 66.0 Å². The van der Waals surface area contributed by atoms with Crippen molar-refractivity contribution in [3.63, 3.8) is 0 Å². The Labute approximate surface area is 221 Å². The molecular formula is C28H33FN4O3S. The standard InChI is InChI=1S/C28H33FN4O3S/c1-20(31-28(35)27(34)30-14-13-21-5-11-24(36-2)12-6-21)26(25-4-3-19-37-25)33-17-15-32(16-18-33)23-9-7-22(29)8-10-23/h3-12,19-20,26H,13-18H2,1-2H3,(H,30,34)(H,31,35)/t20-,26-/m1/s1. The number of thiophene rings is 1.